The van der Waals surface area contributed by atoms with Gasteiger partial charge in [0.2, 0.25) is 11.8 Å². The number of azo groups is 1. The van der Waals surface area contributed by atoms with Crippen molar-refractivity contribution in [3.05, 3.63) is 116 Å². The largest absolute Gasteiger partial charge is 0.508 e. The molecular formula is C43H50Cl4N6O4. The molecule has 0 saturated carbocycles. The minimum absolute atomic E-state index is 0.000101. The number of nitrogens with zero attached hydrogens (tertiary/aromatic N) is 5. The smallest absolute Gasteiger partial charge is 0.301 e. The third-order valence-electron chi connectivity index (χ3n) is 9.59. The third-order valence-corrected chi connectivity index (χ3v) is 10.8. The van der Waals surface area contributed by atoms with E-state index in [0.29, 0.717) is 17.8 Å². The zero-order valence-corrected chi connectivity index (χ0v) is 35.1. The minimum Gasteiger partial charge on any atom is -0.508 e. The molecule has 5 rings (SSSR count). The molecule has 0 aliphatic heterocycles. The lowest BCUT2D eigenvalue weighted by Crippen LogP contribution is -2.26. The van der Waals surface area contributed by atoms with Crippen molar-refractivity contribution in [3.63, 3.8) is 0 Å². The van der Waals surface area contributed by atoms with Crippen LogP contribution in [0.2, 0.25) is 15.1 Å². The fraction of sp³-hybridized carbons (Fsp3) is 0.372. The Kier molecular flexibility index (Phi) is 16.9. The molecule has 2 heterocycles. The van der Waals surface area contributed by atoms with Gasteiger partial charge < -0.3 is 15.3 Å². The van der Waals surface area contributed by atoms with E-state index in [2.05, 4.69) is 34.4 Å². The van der Waals surface area contributed by atoms with E-state index in [1.54, 1.807) is 12.1 Å². The molecule has 0 saturated heterocycles. The van der Waals surface area contributed by atoms with Crippen molar-refractivity contribution in [3.8, 4) is 23.2 Å². The number of aromatic hydroxyl groups is 3. The van der Waals surface area contributed by atoms with Crippen LogP contribution in [0.3, 0.4) is 0 Å². The Labute approximate surface area is 353 Å². The van der Waals surface area contributed by atoms with E-state index in [9.17, 15) is 20.1 Å². The summed E-state index contributed by atoms with van der Waals surface area (Å²) in [5, 5.41) is 45.3. The molecule has 0 amide bonds. The maximum atomic E-state index is 14.3. The van der Waals surface area contributed by atoms with Gasteiger partial charge in [0.1, 0.15) is 11.4 Å². The first-order valence-corrected chi connectivity index (χ1v) is 21.1. The van der Waals surface area contributed by atoms with Crippen LogP contribution >= 0.6 is 46.4 Å². The summed E-state index contributed by atoms with van der Waals surface area (Å²) < 4.78 is 2.22. The lowest BCUT2D eigenvalue weighted by Gasteiger charge is -2.28. The van der Waals surface area contributed by atoms with E-state index in [1.165, 1.54) is 118 Å². The van der Waals surface area contributed by atoms with E-state index >= 15 is 0 Å². The van der Waals surface area contributed by atoms with Gasteiger partial charge in [-0.3, -0.25) is 9.89 Å². The maximum absolute atomic E-state index is 14.3. The molecule has 0 radical (unpaired) electrons. The van der Waals surface area contributed by atoms with Crippen molar-refractivity contribution in [2.24, 2.45) is 10.2 Å². The molecule has 1 atom stereocenters. The number of H-pyrrole nitrogens is 1. The third kappa shape index (κ3) is 12.1. The molecular weight excluding hydrogens is 806 g/mol. The van der Waals surface area contributed by atoms with Crippen LogP contribution in [0.5, 0.6) is 17.5 Å². The molecule has 4 N–H and O–H groups in total. The van der Waals surface area contributed by atoms with E-state index in [0.717, 1.165) is 34.2 Å². The number of halogens is 4. The standard InChI is InChI=1S/C43H50Cl4N6O4/c1-2-3-4-5-6-7-8-9-10-11-12-13-14-15-19-31(44)27-30-18-16-17-20-37(30)52(53-38(55)25-26-39(53)56)42-40(49-48-33-21-23-34(54)24-22-33)43(57)51(50-42)41-35(46)28-32(45)29-36(41)47/h13-14,16-18,20-26,28-29,31,50,54-56H,2-12,15,19,27H2,1H3. The first-order valence-electron chi connectivity index (χ1n) is 19.6. The second kappa shape index (κ2) is 22.0. The Morgan fingerprint density at radius 2 is 1.37 bits per heavy atom. The highest BCUT2D eigenvalue weighted by atomic mass is 35.5. The predicted octanol–water partition coefficient (Wildman–Crippen LogP) is 13.9. The Morgan fingerprint density at radius 1 is 0.772 bits per heavy atom. The lowest BCUT2D eigenvalue weighted by atomic mass is 10.0. The van der Waals surface area contributed by atoms with E-state index in [4.69, 9.17) is 46.4 Å². The fourth-order valence-electron chi connectivity index (χ4n) is 6.62. The van der Waals surface area contributed by atoms with Crippen molar-refractivity contribution in [2.75, 3.05) is 5.01 Å². The van der Waals surface area contributed by atoms with Crippen LogP contribution < -0.4 is 10.6 Å². The van der Waals surface area contributed by atoms with Gasteiger partial charge in [-0.2, -0.15) is 9.79 Å². The monoisotopic (exact) mass is 854 g/mol. The van der Waals surface area contributed by atoms with Gasteiger partial charge in [0.05, 0.1) is 21.4 Å². The van der Waals surface area contributed by atoms with E-state index in [-0.39, 0.29) is 55.1 Å². The predicted molar refractivity (Wildman–Crippen MR) is 234 cm³/mol. The summed E-state index contributed by atoms with van der Waals surface area (Å²) in [6.45, 7) is 2.25. The average Bonchev–Trinajstić information content (AvgIpc) is 3.68. The Balaban J connectivity index is 1.40. The normalized spacial score (nSPS) is 12.3. The summed E-state index contributed by atoms with van der Waals surface area (Å²) in [5.74, 6) is -0.644. The number of rotatable bonds is 22. The van der Waals surface area contributed by atoms with Crippen molar-refractivity contribution < 1.29 is 15.3 Å². The number of aromatic amines is 1. The number of benzene rings is 3. The molecule has 0 aliphatic carbocycles. The molecule has 3 aromatic carbocycles. The minimum atomic E-state index is -0.702. The van der Waals surface area contributed by atoms with Gasteiger partial charge in [-0.1, -0.05) is 130 Å². The molecule has 5 aromatic rings. The van der Waals surface area contributed by atoms with Gasteiger partial charge in [-0.15, -0.1) is 16.7 Å². The molecule has 0 spiro atoms. The number of alkyl halides is 1. The van der Waals surface area contributed by atoms with Crippen LogP contribution in [0, 0.1) is 0 Å². The highest BCUT2D eigenvalue weighted by molar-refractivity contribution is 6.40. The summed E-state index contributed by atoms with van der Waals surface area (Å²) in [5.41, 5.74) is 0.751. The first kappa shape index (κ1) is 43.8. The summed E-state index contributed by atoms with van der Waals surface area (Å²) in [7, 11) is 0. The highest BCUT2D eigenvalue weighted by Gasteiger charge is 2.29. The number of nitrogens with one attached hydrogen (secondary N) is 1. The zero-order valence-electron chi connectivity index (χ0n) is 32.1. The highest BCUT2D eigenvalue weighted by Crippen LogP contribution is 2.41. The zero-order chi connectivity index (χ0) is 40.7. The van der Waals surface area contributed by atoms with Gasteiger partial charge in [-0.25, -0.2) is 9.69 Å². The van der Waals surface area contributed by atoms with E-state index < -0.39 is 5.56 Å². The summed E-state index contributed by atoms with van der Waals surface area (Å²) in [4.78, 5) is 14.3. The van der Waals surface area contributed by atoms with Gasteiger partial charge in [0.15, 0.2) is 11.5 Å². The van der Waals surface area contributed by atoms with Gasteiger partial charge >= 0.3 is 5.56 Å². The van der Waals surface area contributed by atoms with Gasteiger partial charge in [-0.05, 0) is 80.1 Å². The summed E-state index contributed by atoms with van der Waals surface area (Å²) in [6, 6.07) is 18.8. The van der Waals surface area contributed by atoms with E-state index in [1.807, 2.05) is 12.1 Å². The van der Waals surface area contributed by atoms with Crippen molar-refractivity contribution in [1.82, 2.24) is 14.5 Å². The van der Waals surface area contributed by atoms with Crippen LogP contribution in [-0.2, 0) is 6.42 Å². The summed E-state index contributed by atoms with van der Waals surface area (Å²) >= 11 is 26.4. The molecule has 0 aliphatic rings. The van der Waals surface area contributed by atoms with Crippen LogP contribution in [-0.4, -0.2) is 35.2 Å². The first-order chi connectivity index (χ1) is 27.6. The number of hydrogen-bond acceptors (Lipinski definition) is 7. The molecule has 10 nitrogen and oxygen atoms in total. The quantitative estimate of drug-likeness (QED) is 0.0238. The number of allylic oxidation sites excluding steroid dienone is 2. The Hall–Kier alpha value is -4.35. The second-order valence-corrected chi connectivity index (χ2v) is 15.9. The number of aromatic nitrogens is 3. The topological polar surface area (TPSA) is 131 Å². The van der Waals surface area contributed by atoms with Crippen LogP contribution in [0.4, 0.5) is 22.9 Å². The van der Waals surface area contributed by atoms with Gasteiger partial charge in [0.25, 0.3) is 0 Å². The SMILES string of the molecule is CCCCCCCCCCCCC=CCCC(Cl)Cc1ccccc1N(c1[nH]n(-c2c(Cl)cc(Cl)cc2Cl)c(=O)c1N=Nc1ccc(O)cc1)n1c(O)ccc1O. The average molecular weight is 857 g/mol. The molecule has 1 unspecified atom stereocenters. The molecule has 0 bridgehead atoms. The van der Waals surface area contributed by atoms with Crippen molar-refractivity contribution >= 4 is 69.3 Å². The Morgan fingerprint density at radius 3 is 2.02 bits per heavy atom. The lowest BCUT2D eigenvalue weighted by molar-refractivity contribution is 0.379. The van der Waals surface area contributed by atoms with Crippen molar-refractivity contribution in [1.29, 1.82) is 0 Å². The number of phenols is 1. The number of unbranched alkanes of at least 4 members (excludes halogenated alkanes) is 10. The number of hydrogen-bond donors (Lipinski definition) is 4. The van der Waals surface area contributed by atoms with Crippen LogP contribution in [0.15, 0.2) is 100.0 Å². The second-order valence-electron chi connectivity index (χ2n) is 14.0. The van der Waals surface area contributed by atoms with Crippen molar-refractivity contribution in [2.45, 2.75) is 102 Å². The number of phenolic OH excluding ortho intramolecular Hbond substituents is 1. The molecule has 0 fully saturated rings. The molecule has 57 heavy (non-hydrogen) atoms. The molecule has 2 aromatic heterocycles. The number of anilines is 2. The molecule has 304 valence electrons. The van der Waals surface area contributed by atoms with Crippen LogP contribution in [0.1, 0.15) is 96.0 Å². The maximum Gasteiger partial charge on any atom is 0.301 e. The fourth-order valence-corrected chi connectivity index (χ4v) is 7.90. The van der Waals surface area contributed by atoms with Crippen LogP contribution in [0.25, 0.3) is 5.69 Å². The number of para-hydroxylation sites is 1. The van der Waals surface area contributed by atoms with Gasteiger partial charge in [0, 0.05) is 22.5 Å². The Bertz CT molecular complexity index is 2120. The summed E-state index contributed by atoms with van der Waals surface area (Å²) in [6.07, 6.45) is 20.6. The molecule has 14 heteroatoms.